The van der Waals surface area contributed by atoms with Crippen molar-refractivity contribution in [2.45, 2.75) is 6.42 Å². The quantitative estimate of drug-likeness (QED) is 0.760. The number of nitrogens with one attached hydrogen (secondary N) is 1. The van der Waals surface area contributed by atoms with Crippen molar-refractivity contribution < 1.29 is 14.3 Å². The summed E-state index contributed by atoms with van der Waals surface area (Å²) in [5.74, 6) is -1.40. The molecule has 1 aromatic heterocycles. The van der Waals surface area contributed by atoms with E-state index < -0.39 is 11.8 Å². The van der Waals surface area contributed by atoms with Gasteiger partial charge in [-0.05, 0) is 17.7 Å². The summed E-state index contributed by atoms with van der Waals surface area (Å²) in [5.41, 5.74) is 2.03. The number of benzene rings is 2. The summed E-state index contributed by atoms with van der Waals surface area (Å²) in [7, 11) is 0. The van der Waals surface area contributed by atoms with Crippen LogP contribution in [0.1, 0.15) is 5.56 Å². The number of carbonyl (C=O) groups is 1. The van der Waals surface area contributed by atoms with E-state index in [0.717, 1.165) is 0 Å². The topological polar surface area (TPSA) is 53.1 Å². The summed E-state index contributed by atoms with van der Waals surface area (Å²) < 4.78 is 13.9. The van der Waals surface area contributed by atoms with Gasteiger partial charge in [0, 0.05) is 16.0 Å². The monoisotopic (exact) mass is 303 g/mol. The lowest BCUT2D eigenvalue weighted by molar-refractivity contribution is -0.136. The number of H-pyrrole nitrogens is 1. The fourth-order valence-electron chi connectivity index (χ4n) is 2.47. The number of aromatic nitrogens is 1. The van der Waals surface area contributed by atoms with E-state index in [1.165, 1.54) is 6.07 Å². The van der Waals surface area contributed by atoms with Crippen LogP contribution in [0, 0.1) is 5.82 Å². The predicted octanol–water partition coefficient (Wildman–Crippen LogP) is 4.25. The Morgan fingerprint density at radius 1 is 1.19 bits per heavy atom. The number of rotatable bonds is 3. The molecule has 0 radical (unpaired) electrons. The van der Waals surface area contributed by atoms with E-state index in [-0.39, 0.29) is 6.42 Å². The number of aromatic amines is 1. The van der Waals surface area contributed by atoms with Gasteiger partial charge in [0.1, 0.15) is 5.82 Å². The molecule has 106 valence electrons. The average molecular weight is 304 g/mol. The summed E-state index contributed by atoms with van der Waals surface area (Å²) in [6.45, 7) is 0. The zero-order valence-corrected chi connectivity index (χ0v) is 11.6. The highest BCUT2D eigenvalue weighted by atomic mass is 35.5. The third-order valence-electron chi connectivity index (χ3n) is 3.36. The Kier molecular flexibility index (Phi) is 3.39. The second kappa shape index (κ2) is 5.22. The molecule has 3 rings (SSSR count). The molecular weight excluding hydrogens is 293 g/mol. The maximum atomic E-state index is 13.9. The van der Waals surface area contributed by atoms with Crippen molar-refractivity contribution in [1.82, 2.24) is 4.98 Å². The van der Waals surface area contributed by atoms with Gasteiger partial charge in [-0.2, -0.15) is 0 Å². The molecule has 0 aliphatic rings. The molecule has 1 heterocycles. The molecule has 0 aliphatic carbocycles. The van der Waals surface area contributed by atoms with Crippen LogP contribution in [0.2, 0.25) is 5.02 Å². The van der Waals surface area contributed by atoms with E-state index in [2.05, 4.69) is 4.98 Å². The molecule has 2 N–H and O–H groups in total. The van der Waals surface area contributed by atoms with Crippen molar-refractivity contribution in [3.8, 4) is 11.3 Å². The third kappa shape index (κ3) is 2.38. The van der Waals surface area contributed by atoms with Crippen molar-refractivity contribution in [3.05, 3.63) is 58.9 Å². The lowest BCUT2D eigenvalue weighted by Crippen LogP contribution is -2.01. The molecule has 0 saturated carbocycles. The molecule has 0 unspecified atom stereocenters. The Bertz CT molecular complexity index is 841. The van der Waals surface area contributed by atoms with Crippen LogP contribution in [-0.2, 0) is 11.2 Å². The van der Waals surface area contributed by atoms with E-state index in [9.17, 15) is 9.18 Å². The number of para-hydroxylation sites is 1. The van der Waals surface area contributed by atoms with Gasteiger partial charge in [0.2, 0.25) is 0 Å². The minimum Gasteiger partial charge on any atom is -0.481 e. The number of hydrogen-bond acceptors (Lipinski definition) is 1. The molecule has 0 saturated heterocycles. The van der Waals surface area contributed by atoms with Crippen molar-refractivity contribution in [3.63, 3.8) is 0 Å². The first-order valence-corrected chi connectivity index (χ1v) is 6.71. The van der Waals surface area contributed by atoms with E-state index in [1.54, 1.807) is 36.4 Å². The average Bonchev–Trinajstić information content (AvgIpc) is 2.79. The van der Waals surface area contributed by atoms with Gasteiger partial charge in [0.05, 0.1) is 17.6 Å². The number of carboxylic acid groups (broad SMARTS) is 1. The van der Waals surface area contributed by atoms with Crippen molar-refractivity contribution in [2.24, 2.45) is 0 Å². The fraction of sp³-hybridized carbons (Fsp3) is 0.0625. The maximum Gasteiger partial charge on any atom is 0.307 e. The molecule has 0 aliphatic heterocycles. The second-order valence-electron chi connectivity index (χ2n) is 4.69. The van der Waals surface area contributed by atoms with Gasteiger partial charge in [-0.3, -0.25) is 4.79 Å². The zero-order chi connectivity index (χ0) is 15.0. The van der Waals surface area contributed by atoms with Crippen molar-refractivity contribution >= 4 is 28.5 Å². The normalized spacial score (nSPS) is 11.0. The van der Waals surface area contributed by atoms with Crippen LogP contribution in [-0.4, -0.2) is 16.1 Å². The van der Waals surface area contributed by atoms with Crippen molar-refractivity contribution in [1.29, 1.82) is 0 Å². The highest BCUT2D eigenvalue weighted by molar-refractivity contribution is 6.33. The third-order valence-corrected chi connectivity index (χ3v) is 3.69. The predicted molar refractivity (Wildman–Crippen MR) is 80.0 cm³/mol. The van der Waals surface area contributed by atoms with Crippen LogP contribution in [0.4, 0.5) is 4.39 Å². The van der Waals surface area contributed by atoms with Crippen LogP contribution in [0.25, 0.3) is 22.2 Å². The Hall–Kier alpha value is -2.33. The molecule has 3 nitrogen and oxygen atoms in total. The molecule has 0 fully saturated rings. The number of fused-ring (bicyclic) bond motifs is 1. The molecule has 21 heavy (non-hydrogen) atoms. The van der Waals surface area contributed by atoms with Crippen LogP contribution < -0.4 is 0 Å². The Morgan fingerprint density at radius 2 is 1.95 bits per heavy atom. The molecule has 0 atom stereocenters. The van der Waals surface area contributed by atoms with E-state index in [1.807, 2.05) is 0 Å². The molecule has 0 amide bonds. The SMILES string of the molecule is O=C(O)Cc1c(-c2ccccc2Cl)[nH]c2c(F)cccc12. The van der Waals surface area contributed by atoms with Gasteiger partial charge in [-0.25, -0.2) is 4.39 Å². The number of hydrogen-bond donors (Lipinski definition) is 2. The lowest BCUT2D eigenvalue weighted by atomic mass is 10.0. The first-order chi connectivity index (χ1) is 10.1. The largest absolute Gasteiger partial charge is 0.481 e. The van der Waals surface area contributed by atoms with Gasteiger partial charge in [-0.15, -0.1) is 0 Å². The summed E-state index contributed by atoms with van der Waals surface area (Å²) in [4.78, 5) is 14.1. The molecule has 3 aromatic rings. The van der Waals surface area contributed by atoms with E-state index in [4.69, 9.17) is 16.7 Å². The summed E-state index contributed by atoms with van der Waals surface area (Å²) in [6.07, 6.45) is -0.204. The number of carboxylic acids is 1. The Labute approximate surface area is 125 Å². The van der Waals surface area contributed by atoms with Gasteiger partial charge >= 0.3 is 5.97 Å². The van der Waals surface area contributed by atoms with Gasteiger partial charge < -0.3 is 10.1 Å². The summed E-state index contributed by atoms with van der Waals surface area (Å²) >= 11 is 6.17. The standard InChI is InChI=1S/C16H11ClFNO2/c17-12-6-2-1-4-10(12)15-11(8-14(20)21)9-5-3-7-13(18)16(9)19-15/h1-7,19H,8H2,(H,20,21). The first-order valence-electron chi connectivity index (χ1n) is 6.33. The van der Waals surface area contributed by atoms with Crippen LogP contribution in [0.5, 0.6) is 0 Å². The Balaban J connectivity index is 2.33. The van der Waals surface area contributed by atoms with E-state index in [0.29, 0.717) is 32.7 Å². The van der Waals surface area contributed by atoms with Crippen LogP contribution in [0.3, 0.4) is 0 Å². The van der Waals surface area contributed by atoms with Gasteiger partial charge in [0.25, 0.3) is 0 Å². The minimum absolute atomic E-state index is 0.204. The van der Waals surface area contributed by atoms with Gasteiger partial charge in [-0.1, -0.05) is 41.9 Å². The molecule has 5 heteroatoms. The molecular formula is C16H11ClFNO2. The van der Waals surface area contributed by atoms with Crippen molar-refractivity contribution in [2.75, 3.05) is 0 Å². The fourth-order valence-corrected chi connectivity index (χ4v) is 2.70. The summed E-state index contributed by atoms with van der Waals surface area (Å²) in [6, 6.07) is 11.7. The zero-order valence-electron chi connectivity index (χ0n) is 10.9. The summed E-state index contributed by atoms with van der Waals surface area (Å²) in [5, 5.41) is 10.2. The molecule has 0 spiro atoms. The smallest absolute Gasteiger partial charge is 0.307 e. The Morgan fingerprint density at radius 3 is 2.67 bits per heavy atom. The first kappa shape index (κ1) is 13.6. The number of halogens is 2. The van der Waals surface area contributed by atoms with E-state index >= 15 is 0 Å². The van der Waals surface area contributed by atoms with Crippen LogP contribution in [0.15, 0.2) is 42.5 Å². The second-order valence-corrected chi connectivity index (χ2v) is 5.10. The highest BCUT2D eigenvalue weighted by Crippen LogP contribution is 2.35. The molecule has 0 bridgehead atoms. The highest BCUT2D eigenvalue weighted by Gasteiger charge is 2.18. The van der Waals surface area contributed by atoms with Gasteiger partial charge in [0.15, 0.2) is 0 Å². The lowest BCUT2D eigenvalue weighted by Gasteiger charge is -2.05. The molecule has 2 aromatic carbocycles. The maximum absolute atomic E-state index is 13.9. The van der Waals surface area contributed by atoms with Crippen LogP contribution >= 0.6 is 11.6 Å². The number of aliphatic carboxylic acids is 1. The minimum atomic E-state index is -0.978.